The molecular weight excluding hydrogens is 292 g/mol. The van der Waals surface area contributed by atoms with Crippen LogP contribution in [0.15, 0.2) is 22.7 Å². The van der Waals surface area contributed by atoms with Gasteiger partial charge in [0.25, 0.3) is 0 Å². The van der Waals surface area contributed by atoms with Crippen LogP contribution >= 0.6 is 15.9 Å². The molecule has 1 fully saturated rings. The molecule has 18 heavy (non-hydrogen) atoms. The fourth-order valence-electron chi connectivity index (χ4n) is 3.04. The van der Waals surface area contributed by atoms with Gasteiger partial charge in [-0.15, -0.1) is 0 Å². The van der Waals surface area contributed by atoms with Crippen molar-refractivity contribution in [1.82, 2.24) is 0 Å². The van der Waals surface area contributed by atoms with Crippen molar-refractivity contribution in [2.75, 3.05) is 0 Å². The molecule has 0 amide bonds. The van der Waals surface area contributed by atoms with Crippen LogP contribution in [-0.4, -0.2) is 11.4 Å². The molecule has 3 heteroatoms. The second-order valence-corrected chi connectivity index (χ2v) is 6.62. The van der Waals surface area contributed by atoms with Gasteiger partial charge in [-0.05, 0) is 49.8 Å². The van der Waals surface area contributed by atoms with Crippen LogP contribution in [0.1, 0.15) is 49.4 Å². The Morgan fingerprint density at radius 3 is 2.78 bits per heavy atom. The number of carbonyl (C=O) groups excluding carboxylic acids is 1. The van der Waals surface area contributed by atoms with E-state index >= 15 is 0 Å². The summed E-state index contributed by atoms with van der Waals surface area (Å²) in [6.07, 6.45) is 4.89. The summed E-state index contributed by atoms with van der Waals surface area (Å²) >= 11 is 3.44. The second kappa shape index (κ2) is 4.37. The lowest BCUT2D eigenvalue weighted by molar-refractivity contribution is 0.00398. The highest BCUT2D eigenvalue weighted by Gasteiger charge is 2.42. The summed E-state index contributed by atoms with van der Waals surface area (Å²) in [5.41, 5.74) is 0.514. The van der Waals surface area contributed by atoms with Crippen LogP contribution in [0.3, 0.4) is 0 Å². The van der Waals surface area contributed by atoms with Crippen molar-refractivity contribution in [2.45, 2.75) is 44.6 Å². The molecule has 1 aromatic rings. The van der Waals surface area contributed by atoms with Gasteiger partial charge in [0.2, 0.25) is 0 Å². The molecule has 0 N–H and O–H groups in total. The lowest BCUT2D eigenvalue weighted by Gasteiger charge is -2.42. The third-order valence-electron chi connectivity index (χ3n) is 4.24. The maximum Gasteiger partial charge on any atom is 0.170 e. The van der Waals surface area contributed by atoms with Crippen molar-refractivity contribution in [3.05, 3.63) is 28.2 Å². The third-order valence-corrected chi connectivity index (χ3v) is 4.73. The van der Waals surface area contributed by atoms with Crippen LogP contribution in [0, 0.1) is 5.92 Å². The number of halogens is 1. The number of ketones is 1. The van der Waals surface area contributed by atoms with Gasteiger partial charge in [-0.3, -0.25) is 4.79 Å². The monoisotopic (exact) mass is 308 g/mol. The highest BCUT2D eigenvalue weighted by Crippen LogP contribution is 2.43. The zero-order valence-electron chi connectivity index (χ0n) is 10.5. The van der Waals surface area contributed by atoms with Crippen LogP contribution in [0.4, 0.5) is 0 Å². The minimum atomic E-state index is -0.225. The van der Waals surface area contributed by atoms with E-state index in [-0.39, 0.29) is 11.4 Å². The Labute approximate surface area is 116 Å². The molecule has 0 radical (unpaired) electrons. The summed E-state index contributed by atoms with van der Waals surface area (Å²) in [7, 11) is 0. The van der Waals surface area contributed by atoms with Crippen LogP contribution in [-0.2, 0) is 0 Å². The Balaban J connectivity index is 1.93. The van der Waals surface area contributed by atoms with Gasteiger partial charge in [-0.1, -0.05) is 22.9 Å². The van der Waals surface area contributed by atoms with Crippen molar-refractivity contribution in [3.63, 3.8) is 0 Å². The number of Topliss-reactive ketones (excluding diaryl/α,β-unsaturated/α-hetero) is 1. The van der Waals surface area contributed by atoms with E-state index in [0.29, 0.717) is 6.42 Å². The van der Waals surface area contributed by atoms with Crippen LogP contribution < -0.4 is 4.74 Å². The number of hydrogen-bond donors (Lipinski definition) is 0. The minimum absolute atomic E-state index is 0.225. The predicted molar refractivity (Wildman–Crippen MR) is 74.1 cm³/mol. The molecule has 3 rings (SSSR count). The maximum atomic E-state index is 12.3. The first-order chi connectivity index (χ1) is 8.58. The maximum absolute atomic E-state index is 12.3. The first-order valence-corrected chi connectivity index (χ1v) is 7.39. The predicted octanol–water partition coefficient (Wildman–Crippen LogP) is 4.36. The summed E-state index contributed by atoms with van der Waals surface area (Å²) in [5, 5.41) is 0. The number of hydrogen-bond acceptors (Lipinski definition) is 2. The van der Waals surface area contributed by atoms with Gasteiger partial charge in [-0.2, -0.15) is 0 Å². The number of ether oxygens (including phenoxy) is 1. The Morgan fingerprint density at radius 1 is 1.33 bits per heavy atom. The van der Waals surface area contributed by atoms with Gasteiger partial charge < -0.3 is 4.74 Å². The molecule has 0 aromatic heterocycles. The summed E-state index contributed by atoms with van der Waals surface area (Å²) in [5.74, 6) is 1.76. The van der Waals surface area contributed by atoms with Gasteiger partial charge in [0, 0.05) is 4.47 Å². The third kappa shape index (κ3) is 2.09. The van der Waals surface area contributed by atoms with Crippen molar-refractivity contribution in [1.29, 1.82) is 0 Å². The molecule has 2 aliphatic rings. The van der Waals surface area contributed by atoms with Gasteiger partial charge in [-0.25, -0.2) is 0 Å². The standard InChI is InChI=1S/C15H17BrO2/c1-10-4-6-15(7-5-10)9-13(17)12-3-2-11(16)8-14(12)18-15/h2-3,8,10H,4-7,9H2,1H3. The van der Waals surface area contributed by atoms with E-state index in [1.54, 1.807) is 0 Å². The second-order valence-electron chi connectivity index (χ2n) is 5.71. The van der Waals surface area contributed by atoms with Gasteiger partial charge >= 0.3 is 0 Å². The Hall–Kier alpha value is -0.830. The molecular formula is C15H17BrO2. The van der Waals surface area contributed by atoms with E-state index in [2.05, 4.69) is 22.9 Å². The lowest BCUT2D eigenvalue weighted by atomic mass is 9.75. The van der Waals surface area contributed by atoms with Gasteiger partial charge in [0.05, 0.1) is 12.0 Å². The highest BCUT2D eigenvalue weighted by atomic mass is 79.9. The van der Waals surface area contributed by atoms with Crippen molar-refractivity contribution in [2.24, 2.45) is 5.92 Å². The summed E-state index contributed by atoms with van der Waals surface area (Å²) in [4.78, 5) is 12.3. The highest BCUT2D eigenvalue weighted by molar-refractivity contribution is 9.10. The minimum Gasteiger partial charge on any atom is -0.486 e. The summed E-state index contributed by atoms with van der Waals surface area (Å²) < 4.78 is 7.18. The largest absolute Gasteiger partial charge is 0.486 e. The summed E-state index contributed by atoms with van der Waals surface area (Å²) in [6, 6.07) is 5.69. The number of benzene rings is 1. The molecule has 0 bridgehead atoms. The molecule has 1 aliphatic carbocycles. The summed E-state index contributed by atoms with van der Waals surface area (Å²) in [6.45, 7) is 2.28. The smallest absolute Gasteiger partial charge is 0.170 e. The number of fused-ring (bicyclic) bond motifs is 1. The van der Waals surface area contributed by atoms with Crippen LogP contribution in [0.2, 0.25) is 0 Å². The van der Waals surface area contributed by atoms with E-state index in [4.69, 9.17) is 4.74 Å². The first-order valence-electron chi connectivity index (χ1n) is 6.60. The molecule has 1 aliphatic heterocycles. The Morgan fingerprint density at radius 2 is 2.06 bits per heavy atom. The molecule has 0 atom stereocenters. The average molecular weight is 309 g/mol. The zero-order valence-corrected chi connectivity index (χ0v) is 12.1. The normalized spacial score (nSPS) is 31.0. The molecule has 2 nitrogen and oxygen atoms in total. The first kappa shape index (κ1) is 12.2. The van der Waals surface area contributed by atoms with E-state index in [0.717, 1.165) is 47.4 Å². The fourth-order valence-corrected chi connectivity index (χ4v) is 3.38. The van der Waals surface area contributed by atoms with E-state index in [1.807, 2.05) is 18.2 Å². The molecule has 1 saturated carbocycles. The number of carbonyl (C=O) groups is 1. The molecule has 1 spiro atoms. The Kier molecular flexibility index (Phi) is 2.97. The van der Waals surface area contributed by atoms with Crippen molar-refractivity contribution in [3.8, 4) is 5.75 Å². The van der Waals surface area contributed by atoms with Gasteiger partial charge in [0.15, 0.2) is 5.78 Å². The molecule has 96 valence electrons. The van der Waals surface area contributed by atoms with Crippen LogP contribution in [0.5, 0.6) is 5.75 Å². The molecule has 0 unspecified atom stereocenters. The Bertz CT molecular complexity index is 487. The average Bonchev–Trinajstić information content (AvgIpc) is 2.33. The topological polar surface area (TPSA) is 26.3 Å². The fraction of sp³-hybridized carbons (Fsp3) is 0.533. The van der Waals surface area contributed by atoms with Crippen LogP contribution in [0.25, 0.3) is 0 Å². The molecule has 0 saturated heterocycles. The zero-order chi connectivity index (χ0) is 12.8. The van der Waals surface area contributed by atoms with Crippen molar-refractivity contribution >= 4 is 21.7 Å². The molecule has 1 aromatic carbocycles. The van der Waals surface area contributed by atoms with E-state index in [1.165, 1.54) is 0 Å². The van der Waals surface area contributed by atoms with E-state index < -0.39 is 0 Å². The lowest BCUT2D eigenvalue weighted by Crippen LogP contribution is -2.44. The molecule has 1 heterocycles. The van der Waals surface area contributed by atoms with Crippen molar-refractivity contribution < 1.29 is 9.53 Å². The van der Waals surface area contributed by atoms with E-state index in [9.17, 15) is 4.79 Å². The van der Waals surface area contributed by atoms with Gasteiger partial charge in [0.1, 0.15) is 11.4 Å². The number of rotatable bonds is 0. The SMILES string of the molecule is CC1CCC2(CC1)CC(=O)c1ccc(Br)cc1O2. The quantitative estimate of drug-likeness (QED) is 0.711.